The van der Waals surface area contributed by atoms with E-state index in [0.29, 0.717) is 5.56 Å². The lowest BCUT2D eigenvalue weighted by atomic mass is 10.0. The Kier molecular flexibility index (Phi) is 4.89. The summed E-state index contributed by atoms with van der Waals surface area (Å²) in [6.45, 7) is 0. The lowest BCUT2D eigenvalue weighted by Crippen LogP contribution is -2.08. The van der Waals surface area contributed by atoms with E-state index in [0.717, 1.165) is 17.8 Å². The zero-order valence-corrected chi connectivity index (χ0v) is 12.8. The van der Waals surface area contributed by atoms with Crippen molar-refractivity contribution >= 4 is 17.5 Å². The lowest BCUT2D eigenvalue weighted by molar-refractivity contribution is -0.137. The van der Waals surface area contributed by atoms with E-state index in [1.807, 2.05) is 19.0 Å². The summed E-state index contributed by atoms with van der Waals surface area (Å²) >= 11 is 0. The van der Waals surface area contributed by atoms with Crippen LogP contribution in [0.5, 0.6) is 0 Å². The predicted octanol–water partition coefficient (Wildman–Crippen LogP) is 4.67. The quantitative estimate of drug-likeness (QED) is 0.603. The number of nitrogens with zero attached hydrogens (tertiary/aromatic N) is 1. The Morgan fingerprint density at radius 3 is 2.17 bits per heavy atom. The van der Waals surface area contributed by atoms with E-state index in [1.165, 1.54) is 24.3 Å². The molecule has 2 aromatic carbocycles. The van der Waals surface area contributed by atoms with Crippen molar-refractivity contribution in [1.29, 1.82) is 0 Å². The number of carbonyl (C=O) groups is 1. The molecular weight excluding hydrogens is 303 g/mol. The molecule has 0 heterocycles. The molecule has 0 fully saturated rings. The summed E-state index contributed by atoms with van der Waals surface area (Å²) in [5.41, 5.74) is 0.578. The maximum Gasteiger partial charge on any atom is 0.416 e. The number of rotatable bonds is 4. The Bertz CT molecular complexity index is 716. The highest BCUT2D eigenvalue weighted by Crippen LogP contribution is 2.32. The van der Waals surface area contributed by atoms with Crippen LogP contribution in [-0.2, 0) is 6.18 Å². The minimum absolute atomic E-state index is 0.0294. The van der Waals surface area contributed by atoms with Gasteiger partial charge in [-0.25, -0.2) is 0 Å². The van der Waals surface area contributed by atoms with Crippen LogP contribution >= 0.6 is 0 Å². The van der Waals surface area contributed by atoms with Gasteiger partial charge in [-0.1, -0.05) is 24.3 Å². The first-order valence-electron chi connectivity index (χ1n) is 6.95. The smallest absolute Gasteiger partial charge is 0.378 e. The van der Waals surface area contributed by atoms with Crippen LogP contribution in [0.2, 0.25) is 0 Å². The Balaban J connectivity index is 2.22. The van der Waals surface area contributed by atoms with Crippen molar-refractivity contribution in [3.05, 3.63) is 71.3 Å². The van der Waals surface area contributed by atoms with Gasteiger partial charge in [-0.2, -0.15) is 13.2 Å². The summed E-state index contributed by atoms with van der Waals surface area (Å²) in [5.74, 6) is -0.340. The van der Waals surface area contributed by atoms with Crippen molar-refractivity contribution in [2.24, 2.45) is 0 Å². The number of hydrogen-bond acceptors (Lipinski definition) is 2. The van der Waals surface area contributed by atoms with E-state index in [1.54, 1.807) is 24.3 Å². The van der Waals surface area contributed by atoms with E-state index in [2.05, 4.69) is 0 Å². The second-order valence-electron chi connectivity index (χ2n) is 5.22. The molecule has 0 atom stereocenters. The molecule has 0 amide bonds. The fourth-order valence-electron chi connectivity index (χ4n) is 2.09. The lowest BCUT2D eigenvalue weighted by Gasteiger charge is -2.12. The molecule has 0 saturated heterocycles. The molecule has 2 aromatic rings. The van der Waals surface area contributed by atoms with E-state index in [9.17, 15) is 18.0 Å². The molecule has 23 heavy (non-hydrogen) atoms. The average molecular weight is 319 g/mol. The van der Waals surface area contributed by atoms with Crippen LogP contribution in [0.25, 0.3) is 6.08 Å². The molecule has 0 aliphatic carbocycles. The van der Waals surface area contributed by atoms with E-state index in [4.69, 9.17) is 0 Å². The molecule has 0 N–H and O–H groups in total. The Morgan fingerprint density at radius 2 is 1.61 bits per heavy atom. The van der Waals surface area contributed by atoms with Gasteiger partial charge < -0.3 is 4.90 Å². The predicted molar refractivity (Wildman–Crippen MR) is 85.6 cm³/mol. The first-order valence-corrected chi connectivity index (χ1v) is 6.95. The molecule has 5 heteroatoms. The molecule has 2 rings (SSSR count). The molecule has 0 unspecified atom stereocenters. The van der Waals surface area contributed by atoms with Gasteiger partial charge in [0.05, 0.1) is 5.56 Å². The number of anilines is 1. The third kappa shape index (κ3) is 4.22. The van der Waals surface area contributed by atoms with E-state index >= 15 is 0 Å². The van der Waals surface area contributed by atoms with Crippen LogP contribution in [0.3, 0.4) is 0 Å². The minimum atomic E-state index is -4.45. The number of ketones is 1. The minimum Gasteiger partial charge on any atom is -0.378 e. The van der Waals surface area contributed by atoms with Crippen LogP contribution in [-0.4, -0.2) is 19.9 Å². The summed E-state index contributed by atoms with van der Waals surface area (Å²) in [6.07, 6.45) is -2.09. The van der Waals surface area contributed by atoms with E-state index in [-0.39, 0.29) is 11.3 Å². The summed E-state index contributed by atoms with van der Waals surface area (Å²) in [5, 5.41) is 0. The molecule has 0 aromatic heterocycles. The summed E-state index contributed by atoms with van der Waals surface area (Å²) in [7, 11) is 3.76. The van der Waals surface area contributed by atoms with Crippen LogP contribution in [0.1, 0.15) is 21.5 Å². The molecule has 0 saturated carbocycles. The van der Waals surface area contributed by atoms with Gasteiger partial charge in [-0.05, 0) is 42.0 Å². The number of halogens is 3. The maximum atomic E-state index is 12.9. The number of hydrogen-bond donors (Lipinski definition) is 0. The third-order valence-electron chi connectivity index (χ3n) is 3.35. The van der Waals surface area contributed by atoms with Gasteiger partial charge in [0.25, 0.3) is 0 Å². The zero-order chi connectivity index (χ0) is 17.0. The van der Waals surface area contributed by atoms with Crippen molar-refractivity contribution in [1.82, 2.24) is 0 Å². The van der Waals surface area contributed by atoms with E-state index < -0.39 is 11.7 Å². The van der Waals surface area contributed by atoms with Gasteiger partial charge in [0.1, 0.15) is 0 Å². The van der Waals surface area contributed by atoms with Crippen molar-refractivity contribution in [3.63, 3.8) is 0 Å². The van der Waals surface area contributed by atoms with Gasteiger partial charge in [0, 0.05) is 25.3 Å². The Hall–Kier alpha value is -2.56. The number of carbonyl (C=O) groups excluding carboxylic acids is 1. The largest absolute Gasteiger partial charge is 0.416 e. The highest BCUT2D eigenvalue weighted by Gasteiger charge is 2.32. The fourth-order valence-corrected chi connectivity index (χ4v) is 2.09. The van der Waals surface area contributed by atoms with Crippen molar-refractivity contribution < 1.29 is 18.0 Å². The second kappa shape index (κ2) is 6.69. The number of benzene rings is 2. The first kappa shape index (κ1) is 16.8. The van der Waals surface area contributed by atoms with Gasteiger partial charge in [-0.15, -0.1) is 0 Å². The van der Waals surface area contributed by atoms with Crippen molar-refractivity contribution in [2.45, 2.75) is 6.18 Å². The second-order valence-corrected chi connectivity index (χ2v) is 5.22. The van der Waals surface area contributed by atoms with Gasteiger partial charge in [-0.3, -0.25) is 4.79 Å². The zero-order valence-electron chi connectivity index (χ0n) is 12.8. The fraction of sp³-hybridized carbons (Fsp3) is 0.167. The SMILES string of the molecule is CN(C)c1ccc(C(=O)/C=C/c2ccccc2C(F)(F)F)cc1. The molecular formula is C18H16F3NO. The van der Waals surface area contributed by atoms with Gasteiger partial charge >= 0.3 is 6.18 Å². The maximum absolute atomic E-state index is 12.9. The Labute approximate surface area is 132 Å². The van der Waals surface area contributed by atoms with Crippen LogP contribution in [0, 0.1) is 0 Å². The number of allylic oxidation sites excluding steroid dienone is 1. The summed E-state index contributed by atoms with van der Waals surface area (Å²) in [4.78, 5) is 14.0. The molecule has 0 spiro atoms. The molecule has 0 bridgehead atoms. The standard InChI is InChI=1S/C18H16F3NO/c1-22(2)15-10-7-14(8-11-15)17(23)12-9-13-5-3-4-6-16(13)18(19,20)21/h3-12H,1-2H3/b12-9+. The summed E-state index contributed by atoms with van der Waals surface area (Å²) in [6, 6.07) is 12.0. The molecule has 2 nitrogen and oxygen atoms in total. The topological polar surface area (TPSA) is 20.3 Å². The van der Waals surface area contributed by atoms with Gasteiger partial charge in [0.15, 0.2) is 5.78 Å². The Morgan fingerprint density at radius 1 is 1.00 bits per heavy atom. The molecule has 120 valence electrons. The van der Waals surface area contributed by atoms with Gasteiger partial charge in [0.2, 0.25) is 0 Å². The average Bonchev–Trinajstić information content (AvgIpc) is 2.52. The highest BCUT2D eigenvalue weighted by molar-refractivity contribution is 6.07. The molecule has 0 aliphatic rings. The first-order chi connectivity index (χ1) is 10.8. The number of alkyl halides is 3. The monoisotopic (exact) mass is 319 g/mol. The van der Waals surface area contributed by atoms with Crippen molar-refractivity contribution in [2.75, 3.05) is 19.0 Å². The van der Waals surface area contributed by atoms with Crippen LogP contribution in [0.15, 0.2) is 54.6 Å². The molecule has 0 aliphatic heterocycles. The third-order valence-corrected chi connectivity index (χ3v) is 3.35. The van der Waals surface area contributed by atoms with Crippen LogP contribution < -0.4 is 4.90 Å². The van der Waals surface area contributed by atoms with Crippen molar-refractivity contribution in [3.8, 4) is 0 Å². The summed E-state index contributed by atoms with van der Waals surface area (Å²) < 4.78 is 38.7. The van der Waals surface area contributed by atoms with Crippen LogP contribution in [0.4, 0.5) is 18.9 Å². The molecule has 0 radical (unpaired) electrons. The highest BCUT2D eigenvalue weighted by atomic mass is 19.4. The normalized spacial score (nSPS) is 11.7.